The average molecular weight is 174 g/mol. The molecule has 1 aliphatic carbocycles. The molecule has 0 spiro atoms. The van der Waals surface area contributed by atoms with Crippen LogP contribution in [-0.2, 0) is 0 Å². The minimum Gasteiger partial charge on any atom is -0.388 e. The molecule has 4 N–H and O–H groups in total. The van der Waals surface area contributed by atoms with Crippen LogP contribution < -0.4 is 0 Å². The molecule has 0 bridgehead atoms. The van der Waals surface area contributed by atoms with Gasteiger partial charge in [0.1, 0.15) is 6.10 Å². The summed E-state index contributed by atoms with van der Waals surface area (Å²) in [5.41, 5.74) is 0. The predicted octanol–water partition coefficient (Wildman–Crippen LogP) is -1.16. The van der Waals surface area contributed by atoms with Crippen LogP contribution in [0.1, 0.15) is 6.92 Å². The minimum atomic E-state index is -1.74. The molecule has 70 valence electrons. The molecule has 0 aromatic carbocycles. The molecule has 0 aliphatic heterocycles. The molecule has 0 aromatic rings. The first-order valence-corrected chi connectivity index (χ1v) is 3.94. The third-order valence-corrected chi connectivity index (χ3v) is 2.38. The van der Waals surface area contributed by atoms with Gasteiger partial charge in [-0.1, -0.05) is 19.1 Å². The van der Waals surface area contributed by atoms with E-state index in [9.17, 15) is 5.11 Å². The third-order valence-electron chi connectivity index (χ3n) is 2.38. The maximum atomic E-state index is 9.20. The molecular formula is C8H14O4. The van der Waals surface area contributed by atoms with E-state index in [1.807, 2.05) is 0 Å². The van der Waals surface area contributed by atoms with Crippen molar-refractivity contribution in [1.29, 1.82) is 0 Å². The van der Waals surface area contributed by atoms with Crippen LogP contribution in [0.5, 0.6) is 0 Å². The van der Waals surface area contributed by atoms with Gasteiger partial charge in [0.05, 0.1) is 6.10 Å². The van der Waals surface area contributed by atoms with E-state index in [1.54, 1.807) is 19.1 Å². The Labute approximate surface area is 70.8 Å². The highest BCUT2D eigenvalue weighted by Gasteiger charge is 2.34. The summed E-state index contributed by atoms with van der Waals surface area (Å²) >= 11 is 0. The summed E-state index contributed by atoms with van der Waals surface area (Å²) in [6.45, 7) is 1.67. The smallest absolute Gasteiger partial charge is 0.178 e. The van der Waals surface area contributed by atoms with Crippen molar-refractivity contribution in [2.24, 2.45) is 11.8 Å². The Morgan fingerprint density at radius 2 is 1.75 bits per heavy atom. The standard InChI is InChI=1S/C8H14O4/c1-4(7(10)8(11)12)5-2-3-6(5)9/h2-12H,1H3. The molecule has 4 nitrogen and oxygen atoms in total. The number of rotatable bonds is 3. The predicted molar refractivity (Wildman–Crippen MR) is 42.0 cm³/mol. The van der Waals surface area contributed by atoms with Crippen molar-refractivity contribution in [3.8, 4) is 0 Å². The van der Waals surface area contributed by atoms with Crippen molar-refractivity contribution >= 4 is 0 Å². The lowest BCUT2D eigenvalue weighted by molar-refractivity contribution is -0.148. The molecule has 4 unspecified atom stereocenters. The Hall–Kier alpha value is -0.420. The second-order valence-corrected chi connectivity index (χ2v) is 3.22. The second-order valence-electron chi connectivity index (χ2n) is 3.22. The molecule has 0 saturated carbocycles. The molecule has 4 atom stereocenters. The molecule has 0 saturated heterocycles. The zero-order valence-corrected chi connectivity index (χ0v) is 6.83. The summed E-state index contributed by atoms with van der Waals surface area (Å²) in [6.07, 6.45) is -0.136. The van der Waals surface area contributed by atoms with Crippen LogP contribution in [0.2, 0.25) is 0 Å². The zero-order chi connectivity index (χ0) is 9.30. The fourth-order valence-electron chi connectivity index (χ4n) is 1.32. The monoisotopic (exact) mass is 174 g/mol. The Bertz CT molecular complexity index is 178. The van der Waals surface area contributed by atoms with Gasteiger partial charge in [-0.25, -0.2) is 0 Å². The highest BCUT2D eigenvalue weighted by Crippen LogP contribution is 2.29. The van der Waals surface area contributed by atoms with E-state index in [0.717, 1.165) is 0 Å². The van der Waals surface area contributed by atoms with Crippen molar-refractivity contribution in [3.63, 3.8) is 0 Å². The molecule has 0 aromatic heterocycles. The first kappa shape index (κ1) is 9.67. The van der Waals surface area contributed by atoms with E-state index >= 15 is 0 Å². The van der Waals surface area contributed by atoms with Crippen LogP contribution in [0.15, 0.2) is 12.2 Å². The summed E-state index contributed by atoms with van der Waals surface area (Å²) in [5, 5.41) is 35.6. The van der Waals surface area contributed by atoms with Crippen molar-refractivity contribution in [1.82, 2.24) is 0 Å². The summed E-state index contributed by atoms with van der Waals surface area (Å²) in [5.74, 6) is -0.508. The molecule has 1 aliphatic rings. The lowest BCUT2D eigenvalue weighted by Gasteiger charge is -2.33. The number of hydrogen-bond acceptors (Lipinski definition) is 4. The van der Waals surface area contributed by atoms with E-state index < -0.39 is 18.5 Å². The van der Waals surface area contributed by atoms with Gasteiger partial charge in [-0.3, -0.25) is 0 Å². The first-order valence-electron chi connectivity index (χ1n) is 3.94. The molecule has 12 heavy (non-hydrogen) atoms. The van der Waals surface area contributed by atoms with E-state index in [0.29, 0.717) is 0 Å². The lowest BCUT2D eigenvalue weighted by atomic mass is 9.78. The summed E-state index contributed by atoms with van der Waals surface area (Å²) in [6, 6.07) is 0. The Balaban J connectivity index is 2.47. The summed E-state index contributed by atoms with van der Waals surface area (Å²) < 4.78 is 0. The van der Waals surface area contributed by atoms with E-state index in [-0.39, 0.29) is 11.8 Å². The Kier molecular flexibility index (Phi) is 2.85. The maximum absolute atomic E-state index is 9.20. The molecule has 0 radical (unpaired) electrons. The van der Waals surface area contributed by atoms with Crippen LogP contribution in [-0.4, -0.2) is 38.9 Å². The molecule has 1 rings (SSSR count). The van der Waals surface area contributed by atoms with Crippen LogP contribution in [0.3, 0.4) is 0 Å². The van der Waals surface area contributed by atoms with Gasteiger partial charge in [0.2, 0.25) is 0 Å². The fraction of sp³-hybridized carbons (Fsp3) is 0.750. The van der Waals surface area contributed by atoms with Crippen LogP contribution in [0.25, 0.3) is 0 Å². The minimum absolute atomic E-state index is 0.165. The molecule has 0 fully saturated rings. The summed E-state index contributed by atoms with van der Waals surface area (Å²) in [4.78, 5) is 0. The molecule has 4 heteroatoms. The lowest BCUT2D eigenvalue weighted by Crippen LogP contribution is -2.41. The van der Waals surface area contributed by atoms with Gasteiger partial charge in [-0.2, -0.15) is 0 Å². The molecule has 0 amide bonds. The Morgan fingerprint density at radius 3 is 2.00 bits per heavy atom. The number of aliphatic hydroxyl groups excluding tert-OH is 3. The van der Waals surface area contributed by atoms with Gasteiger partial charge in [0, 0.05) is 5.92 Å². The normalized spacial score (nSPS) is 33.2. The van der Waals surface area contributed by atoms with Crippen LogP contribution in [0, 0.1) is 11.8 Å². The van der Waals surface area contributed by atoms with E-state index in [1.165, 1.54) is 0 Å². The van der Waals surface area contributed by atoms with Crippen molar-refractivity contribution in [2.75, 3.05) is 0 Å². The number of aliphatic hydroxyl groups is 4. The SMILES string of the molecule is CC(C(O)C(O)O)C1C=CC1O. The highest BCUT2D eigenvalue weighted by molar-refractivity contribution is 5.12. The summed E-state index contributed by atoms with van der Waals surface area (Å²) in [7, 11) is 0. The van der Waals surface area contributed by atoms with E-state index in [2.05, 4.69) is 0 Å². The van der Waals surface area contributed by atoms with Crippen molar-refractivity contribution in [3.05, 3.63) is 12.2 Å². The number of hydrogen-bond donors (Lipinski definition) is 4. The van der Waals surface area contributed by atoms with Crippen molar-refractivity contribution < 1.29 is 20.4 Å². The molecule has 0 heterocycles. The highest BCUT2D eigenvalue weighted by atomic mass is 16.5. The van der Waals surface area contributed by atoms with Gasteiger partial charge in [-0.15, -0.1) is 0 Å². The second kappa shape index (κ2) is 3.53. The van der Waals surface area contributed by atoms with Crippen molar-refractivity contribution in [2.45, 2.75) is 25.4 Å². The maximum Gasteiger partial charge on any atom is 0.178 e. The van der Waals surface area contributed by atoms with Gasteiger partial charge in [0.15, 0.2) is 6.29 Å². The van der Waals surface area contributed by atoms with Gasteiger partial charge in [-0.05, 0) is 5.92 Å². The quantitative estimate of drug-likeness (QED) is 0.321. The first-order chi connectivity index (χ1) is 5.54. The third kappa shape index (κ3) is 1.67. The fourth-order valence-corrected chi connectivity index (χ4v) is 1.32. The topological polar surface area (TPSA) is 80.9 Å². The van der Waals surface area contributed by atoms with E-state index in [4.69, 9.17) is 15.3 Å². The Morgan fingerprint density at radius 1 is 1.17 bits per heavy atom. The largest absolute Gasteiger partial charge is 0.388 e. The van der Waals surface area contributed by atoms with Gasteiger partial charge >= 0.3 is 0 Å². The van der Waals surface area contributed by atoms with Crippen LogP contribution in [0.4, 0.5) is 0 Å². The zero-order valence-electron chi connectivity index (χ0n) is 6.83. The average Bonchev–Trinajstić information content (AvgIpc) is 2.00. The van der Waals surface area contributed by atoms with Gasteiger partial charge < -0.3 is 20.4 Å². The molecular weight excluding hydrogens is 160 g/mol. The van der Waals surface area contributed by atoms with Crippen LogP contribution >= 0.6 is 0 Å². The van der Waals surface area contributed by atoms with Gasteiger partial charge in [0.25, 0.3) is 0 Å².